The molecule has 2 aliphatic rings. The molecule has 2 aliphatic heterocycles. The van der Waals surface area contributed by atoms with E-state index in [0.29, 0.717) is 6.54 Å². The first-order valence-corrected chi connectivity index (χ1v) is 9.72. The highest BCUT2D eigenvalue weighted by Gasteiger charge is 2.21. The van der Waals surface area contributed by atoms with Crippen LogP contribution < -0.4 is 5.32 Å². The second-order valence-corrected chi connectivity index (χ2v) is 7.09. The molecular weight excluding hydrogens is 314 g/mol. The fraction of sp³-hybridized carbons (Fsp3) is 0.650. The van der Waals surface area contributed by atoms with E-state index in [-0.39, 0.29) is 12.1 Å². The number of hydrogen-bond donors (Lipinski definition) is 1. The number of hydrogen-bond acceptors (Lipinski definition) is 3. The van der Waals surface area contributed by atoms with E-state index in [4.69, 9.17) is 4.74 Å². The highest BCUT2D eigenvalue weighted by molar-refractivity contribution is 5.74. The largest absolute Gasteiger partial charge is 0.376 e. The van der Waals surface area contributed by atoms with Crippen molar-refractivity contribution in [2.24, 2.45) is 0 Å². The van der Waals surface area contributed by atoms with E-state index < -0.39 is 0 Å². The Morgan fingerprint density at radius 3 is 2.80 bits per heavy atom. The molecule has 5 nitrogen and oxygen atoms in total. The highest BCUT2D eigenvalue weighted by Crippen LogP contribution is 2.11. The van der Waals surface area contributed by atoms with Crippen LogP contribution in [0.2, 0.25) is 0 Å². The summed E-state index contributed by atoms with van der Waals surface area (Å²) in [5.74, 6) is 0. The molecule has 5 heteroatoms. The van der Waals surface area contributed by atoms with Gasteiger partial charge in [0.25, 0.3) is 0 Å². The smallest absolute Gasteiger partial charge is 0.317 e. The summed E-state index contributed by atoms with van der Waals surface area (Å²) in [6, 6.07) is 10.7. The quantitative estimate of drug-likeness (QED) is 0.862. The van der Waals surface area contributed by atoms with Gasteiger partial charge in [-0.25, -0.2) is 4.79 Å². The van der Waals surface area contributed by atoms with Crippen molar-refractivity contribution in [3.05, 3.63) is 35.9 Å². The van der Waals surface area contributed by atoms with E-state index in [1.807, 2.05) is 4.90 Å². The summed E-state index contributed by atoms with van der Waals surface area (Å²) >= 11 is 0. The topological polar surface area (TPSA) is 44.8 Å². The Hall–Kier alpha value is -1.59. The summed E-state index contributed by atoms with van der Waals surface area (Å²) in [7, 11) is 0. The highest BCUT2D eigenvalue weighted by atomic mass is 16.5. The van der Waals surface area contributed by atoms with Crippen molar-refractivity contribution in [3.63, 3.8) is 0 Å². The number of carbonyl (C=O) groups excluding carboxylic acids is 1. The van der Waals surface area contributed by atoms with Crippen molar-refractivity contribution in [2.75, 3.05) is 45.9 Å². The molecule has 0 unspecified atom stereocenters. The molecule has 0 spiro atoms. The van der Waals surface area contributed by atoms with Crippen LogP contribution in [0.25, 0.3) is 0 Å². The van der Waals surface area contributed by atoms with Gasteiger partial charge in [0.2, 0.25) is 0 Å². The summed E-state index contributed by atoms with van der Waals surface area (Å²) in [4.78, 5) is 16.8. The lowest BCUT2D eigenvalue weighted by Gasteiger charge is -2.23. The Balaban J connectivity index is 1.34. The summed E-state index contributed by atoms with van der Waals surface area (Å²) in [5.41, 5.74) is 1.41. The van der Waals surface area contributed by atoms with E-state index in [9.17, 15) is 4.79 Å². The van der Waals surface area contributed by atoms with Crippen LogP contribution in [0, 0.1) is 0 Å². The lowest BCUT2D eigenvalue weighted by atomic mass is 10.1. The minimum Gasteiger partial charge on any atom is -0.376 e. The van der Waals surface area contributed by atoms with Crippen LogP contribution in [0.3, 0.4) is 0 Å². The van der Waals surface area contributed by atoms with Gasteiger partial charge in [-0.05, 0) is 50.8 Å². The van der Waals surface area contributed by atoms with E-state index in [0.717, 1.165) is 65.0 Å². The molecular formula is C20H31N3O2. The van der Waals surface area contributed by atoms with Crippen molar-refractivity contribution in [2.45, 2.75) is 38.2 Å². The third-order valence-corrected chi connectivity index (χ3v) is 5.16. The second kappa shape index (κ2) is 9.78. The van der Waals surface area contributed by atoms with Crippen molar-refractivity contribution in [3.8, 4) is 0 Å². The number of nitrogens with zero attached hydrogens (tertiary/aromatic N) is 2. The zero-order chi connectivity index (χ0) is 17.3. The van der Waals surface area contributed by atoms with E-state index in [2.05, 4.69) is 40.5 Å². The van der Waals surface area contributed by atoms with Crippen molar-refractivity contribution in [1.82, 2.24) is 15.1 Å². The molecule has 2 saturated heterocycles. The van der Waals surface area contributed by atoms with Crippen LogP contribution in [0.5, 0.6) is 0 Å². The number of aryl methyl sites for hydroxylation is 1. The summed E-state index contributed by atoms with van der Waals surface area (Å²) in [6.45, 7) is 6.33. The lowest BCUT2D eigenvalue weighted by molar-refractivity contribution is 0.109. The molecule has 2 fully saturated rings. The Labute approximate surface area is 151 Å². The average molecular weight is 345 g/mol. The van der Waals surface area contributed by atoms with Gasteiger partial charge in [0.15, 0.2) is 0 Å². The van der Waals surface area contributed by atoms with E-state index in [1.54, 1.807) is 0 Å². The lowest BCUT2D eigenvalue weighted by Crippen LogP contribution is -2.44. The zero-order valence-electron chi connectivity index (χ0n) is 15.2. The molecule has 138 valence electrons. The molecule has 1 aromatic carbocycles. The first kappa shape index (κ1) is 18.2. The number of nitrogens with one attached hydrogen (secondary N) is 1. The first-order chi connectivity index (χ1) is 12.3. The predicted molar refractivity (Wildman–Crippen MR) is 99.8 cm³/mol. The SMILES string of the molecule is O=C(NC[C@H]1CCCO1)N1CCCN(CCCc2ccccc2)CC1. The van der Waals surface area contributed by atoms with Crippen LogP contribution >= 0.6 is 0 Å². The minimum absolute atomic E-state index is 0.0710. The molecule has 2 heterocycles. The van der Waals surface area contributed by atoms with Crippen LogP contribution in [0.1, 0.15) is 31.2 Å². The number of amides is 2. The van der Waals surface area contributed by atoms with Crippen molar-refractivity contribution in [1.29, 1.82) is 0 Å². The molecule has 1 aromatic rings. The maximum Gasteiger partial charge on any atom is 0.317 e. The molecule has 2 amide bonds. The standard InChI is InChI=1S/C20H31N3O2/c24-20(21-17-19-10-5-16-25-19)23-13-6-12-22(14-15-23)11-4-9-18-7-2-1-3-8-18/h1-3,7-8,19H,4-6,9-17H2,(H,21,24)/t19-/m1/s1. The molecule has 0 bridgehead atoms. The Kier molecular flexibility index (Phi) is 7.12. The molecule has 1 atom stereocenters. The van der Waals surface area contributed by atoms with Gasteiger partial charge in [0.1, 0.15) is 0 Å². The van der Waals surface area contributed by atoms with Gasteiger partial charge in [-0.3, -0.25) is 0 Å². The molecule has 0 aliphatic carbocycles. The molecule has 0 aromatic heterocycles. The first-order valence-electron chi connectivity index (χ1n) is 9.72. The average Bonchev–Trinajstić information content (AvgIpc) is 3.05. The summed E-state index contributed by atoms with van der Waals surface area (Å²) < 4.78 is 5.57. The van der Waals surface area contributed by atoms with Crippen LogP contribution in [0.4, 0.5) is 4.79 Å². The van der Waals surface area contributed by atoms with Gasteiger partial charge in [-0.1, -0.05) is 30.3 Å². The van der Waals surface area contributed by atoms with E-state index >= 15 is 0 Å². The third kappa shape index (κ3) is 6.01. The van der Waals surface area contributed by atoms with Crippen LogP contribution in [-0.4, -0.2) is 67.8 Å². The normalized spacial score (nSPS) is 21.9. The van der Waals surface area contributed by atoms with Crippen molar-refractivity contribution < 1.29 is 9.53 Å². The number of rotatable bonds is 6. The van der Waals surface area contributed by atoms with Gasteiger partial charge in [-0.15, -0.1) is 0 Å². The Morgan fingerprint density at radius 2 is 2.00 bits per heavy atom. The summed E-state index contributed by atoms with van der Waals surface area (Å²) in [5, 5.41) is 3.05. The number of carbonyl (C=O) groups is 1. The molecule has 25 heavy (non-hydrogen) atoms. The predicted octanol–water partition coefficient (Wildman–Crippen LogP) is 2.52. The maximum atomic E-state index is 12.4. The molecule has 3 rings (SSSR count). The second-order valence-electron chi connectivity index (χ2n) is 7.09. The van der Waals surface area contributed by atoms with Crippen LogP contribution in [0.15, 0.2) is 30.3 Å². The fourth-order valence-electron chi connectivity index (χ4n) is 3.67. The molecule has 0 radical (unpaired) electrons. The van der Waals surface area contributed by atoms with Gasteiger partial charge < -0.3 is 19.9 Å². The van der Waals surface area contributed by atoms with Crippen molar-refractivity contribution >= 4 is 6.03 Å². The molecule has 0 saturated carbocycles. The maximum absolute atomic E-state index is 12.4. The summed E-state index contributed by atoms with van der Waals surface area (Å²) in [6.07, 6.45) is 5.75. The molecule has 1 N–H and O–H groups in total. The van der Waals surface area contributed by atoms with Crippen LogP contribution in [-0.2, 0) is 11.2 Å². The Bertz CT molecular complexity index is 517. The third-order valence-electron chi connectivity index (χ3n) is 5.16. The fourth-order valence-corrected chi connectivity index (χ4v) is 3.67. The minimum atomic E-state index is 0.0710. The van der Waals surface area contributed by atoms with Gasteiger partial charge in [-0.2, -0.15) is 0 Å². The van der Waals surface area contributed by atoms with Gasteiger partial charge in [0, 0.05) is 32.8 Å². The number of benzene rings is 1. The van der Waals surface area contributed by atoms with Gasteiger partial charge in [0.05, 0.1) is 6.10 Å². The van der Waals surface area contributed by atoms with Gasteiger partial charge >= 0.3 is 6.03 Å². The van der Waals surface area contributed by atoms with E-state index in [1.165, 1.54) is 12.0 Å². The monoisotopic (exact) mass is 345 g/mol. The number of ether oxygens (including phenoxy) is 1. The Morgan fingerprint density at radius 1 is 1.12 bits per heavy atom. The zero-order valence-corrected chi connectivity index (χ0v) is 15.2. The number of urea groups is 1.